The van der Waals surface area contributed by atoms with Crippen molar-refractivity contribution in [2.75, 3.05) is 12.0 Å². The molecule has 2 aromatic carbocycles. The maximum atomic E-state index is 12.7. The minimum absolute atomic E-state index is 0.215. The molecule has 0 spiro atoms. The summed E-state index contributed by atoms with van der Waals surface area (Å²) in [6.45, 7) is 1.43. The van der Waals surface area contributed by atoms with Crippen molar-refractivity contribution in [2.24, 2.45) is 0 Å². The Hall–Kier alpha value is -3.71. The van der Waals surface area contributed by atoms with E-state index in [4.69, 9.17) is 20.9 Å². The van der Waals surface area contributed by atoms with Gasteiger partial charge in [-0.05, 0) is 30.3 Å². The van der Waals surface area contributed by atoms with E-state index in [0.717, 1.165) is 5.56 Å². The van der Waals surface area contributed by atoms with Crippen LogP contribution in [0.25, 0.3) is 22.5 Å². The second-order valence-electron chi connectivity index (χ2n) is 6.34. The van der Waals surface area contributed by atoms with Crippen LogP contribution < -0.4 is 9.64 Å². The maximum Gasteiger partial charge on any atom is 0.248 e. The molecular weight excluding hydrogens is 404 g/mol. The summed E-state index contributed by atoms with van der Waals surface area (Å²) in [4.78, 5) is 22.4. The van der Waals surface area contributed by atoms with Gasteiger partial charge in [0, 0.05) is 18.7 Å². The Morgan fingerprint density at radius 1 is 1.13 bits per heavy atom. The number of methoxy groups -OCH3 is 1. The summed E-state index contributed by atoms with van der Waals surface area (Å²) in [5.74, 6) is 0.596. The number of hydrogen-bond acceptors (Lipinski definition) is 6. The van der Waals surface area contributed by atoms with E-state index in [1.165, 1.54) is 18.2 Å². The molecule has 0 atom stereocenters. The molecule has 0 aliphatic carbocycles. The molecular formula is C22H17ClN4O3. The van der Waals surface area contributed by atoms with Crippen molar-refractivity contribution < 1.29 is 14.1 Å². The maximum absolute atomic E-state index is 12.7. The summed E-state index contributed by atoms with van der Waals surface area (Å²) in [7, 11) is 1.59. The number of halogens is 1. The standard InChI is InChI=1S/C22H17ClN4O3/c1-14(28)27(19-9-4-3-8-17(19)23)22-20(18-10-11-24-13-25-18)21(26-30-22)15-6-5-7-16(12-15)29-2/h3-13H,1-2H3. The zero-order valence-electron chi connectivity index (χ0n) is 16.2. The van der Waals surface area contributed by atoms with E-state index in [0.29, 0.717) is 33.4 Å². The van der Waals surface area contributed by atoms with Gasteiger partial charge in [-0.25, -0.2) is 14.9 Å². The van der Waals surface area contributed by atoms with Gasteiger partial charge < -0.3 is 9.26 Å². The molecule has 0 unspecified atom stereocenters. The highest BCUT2D eigenvalue weighted by molar-refractivity contribution is 6.34. The van der Waals surface area contributed by atoms with E-state index in [1.54, 1.807) is 43.6 Å². The van der Waals surface area contributed by atoms with Gasteiger partial charge in [-0.3, -0.25) is 4.79 Å². The first-order chi connectivity index (χ1) is 14.6. The van der Waals surface area contributed by atoms with Crippen LogP contribution in [-0.4, -0.2) is 28.1 Å². The second-order valence-corrected chi connectivity index (χ2v) is 6.75. The molecule has 1 amide bonds. The molecule has 4 rings (SSSR count). The first-order valence-corrected chi connectivity index (χ1v) is 9.43. The highest BCUT2D eigenvalue weighted by Crippen LogP contribution is 2.43. The van der Waals surface area contributed by atoms with Crippen molar-refractivity contribution in [3.63, 3.8) is 0 Å². The van der Waals surface area contributed by atoms with E-state index in [-0.39, 0.29) is 11.8 Å². The number of hydrogen-bond donors (Lipinski definition) is 0. The third-order valence-corrected chi connectivity index (χ3v) is 4.79. The minimum Gasteiger partial charge on any atom is -0.497 e. The van der Waals surface area contributed by atoms with Gasteiger partial charge in [0.1, 0.15) is 17.8 Å². The Bertz CT molecular complexity index is 1190. The molecule has 0 radical (unpaired) electrons. The Morgan fingerprint density at radius 3 is 2.67 bits per heavy atom. The zero-order chi connectivity index (χ0) is 21.1. The van der Waals surface area contributed by atoms with E-state index in [9.17, 15) is 4.79 Å². The number of para-hydroxylation sites is 1. The number of rotatable bonds is 5. The molecule has 8 heteroatoms. The lowest BCUT2D eigenvalue weighted by molar-refractivity contribution is -0.116. The molecule has 0 saturated carbocycles. The summed E-state index contributed by atoms with van der Waals surface area (Å²) in [5.41, 5.74) is 2.84. The molecule has 2 aromatic heterocycles. The number of ether oxygens (including phenoxy) is 1. The Morgan fingerprint density at radius 2 is 1.97 bits per heavy atom. The van der Waals surface area contributed by atoms with Gasteiger partial charge in [0.05, 0.1) is 29.1 Å². The fourth-order valence-corrected chi connectivity index (χ4v) is 3.35. The molecule has 0 N–H and O–H groups in total. The molecule has 0 aliphatic heterocycles. The lowest BCUT2D eigenvalue weighted by Gasteiger charge is -2.20. The summed E-state index contributed by atoms with van der Waals surface area (Å²) in [6.07, 6.45) is 3.04. The Labute approximate surface area is 177 Å². The SMILES string of the molecule is COc1cccc(-c2noc(N(C(C)=O)c3ccccc3Cl)c2-c2ccncn2)c1. The number of aromatic nitrogens is 3. The van der Waals surface area contributed by atoms with Crippen molar-refractivity contribution in [3.05, 3.63) is 72.1 Å². The molecule has 150 valence electrons. The summed E-state index contributed by atoms with van der Waals surface area (Å²) in [6, 6.07) is 16.1. The number of anilines is 2. The van der Waals surface area contributed by atoms with Crippen LogP contribution in [0.5, 0.6) is 5.75 Å². The summed E-state index contributed by atoms with van der Waals surface area (Å²) < 4.78 is 11.0. The van der Waals surface area contributed by atoms with Gasteiger partial charge >= 0.3 is 0 Å². The Kier molecular flexibility index (Phi) is 5.45. The van der Waals surface area contributed by atoms with Crippen molar-refractivity contribution in [3.8, 4) is 28.3 Å². The third kappa shape index (κ3) is 3.62. The van der Waals surface area contributed by atoms with Gasteiger partial charge in [0.25, 0.3) is 0 Å². The predicted molar refractivity (Wildman–Crippen MR) is 114 cm³/mol. The van der Waals surface area contributed by atoms with Crippen LogP contribution >= 0.6 is 11.6 Å². The second kappa shape index (κ2) is 8.34. The van der Waals surface area contributed by atoms with Gasteiger partial charge in [0.2, 0.25) is 11.8 Å². The lowest BCUT2D eigenvalue weighted by Crippen LogP contribution is -2.23. The quantitative estimate of drug-likeness (QED) is 0.444. The van der Waals surface area contributed by atoms with Crippen molar-refractivity contribution in [1.82, 2.24) is 15.1 Å². The fourth-order valence-electron chi connectivity index (χ4n) is 3.13. The van der Waals surface area contributed by atoms with Crippen molar-refractivity contribution in [2.45, 2.75) is 6.92 Å². The van der Waals surface area contributed by atoms with Crippen molar-refractivity contribution in [1.29, 1.82) is 0 Å². The first-order valence-electron chi connectivity index (χ1n) is 9.06. The van der Waals surface area contributed by atoms with Crippen LogP contribution in [0.1, 0.15) is 6.92 Å². The lowest BCUT2D eigenvalue weighted by atomic mass is 10.0. The molecule has 0 aliphatic rings. The zero-order valence-corrected chi connectivity index (χ0v) is 17.0. The van der Waals surface area contributed by atoms with Gasteiger partial charge in [-0.15, -0.1) is 0 Å². The van der Waals surface area contributed by atoms with Crippen LogP contribution in [0.3, 0.4) is 0 Å². The normalized spacial score (nSPS) is 10.6. The van der Waals surface area contributed by atoms with E-state index in [2.05, 4.69) is 15.1 Å². The third-order valence-electron chi connectivity index (χ3n) is 4.47. The molecule has 0 saturated heterocycles. The number of carbonyl (C=O) groups excluding carboxylic acids is 1. The summed E-state index contributed by atoms with van der Waals surface area (Å²) >= 11 is 6.38. The monoisotopic (exact) mass is 420 g/mol. The van der Waals surface area contributed by atoms with Crippen LogP contribution in [0.15, 0.2) is 71.6 Å². The topological polar surface area (TPSA) is 81.4 Å². The summed E-state index contributed by atoms with van der Waals surface area (Å²) in [5, 5.41) is 4.67. The molecule has 0 bridgehead atoms. The minimum atomic E-state index is -0.285. The fraction of sp³-hybridized carbons (Fsp3) is 0.0909. The molecule has 0 fully saturated rings. The van der Waals surface area contributed by atoms with Crippen LogP contribution in [0, 0.1) is 0 Å². The van der Waals surface area contributed by atoms with E-state index >= 15 is 0 Å². The predicted octanol–water partition coefficient (Wildman–Crippen LogP) is 5.15. The van der Waals surface area contributed by atoms with E-state index in [1.807, 2.05) is 24.3 Å². The van der Waals surface area contributed by atoms with Crippen LogP contribution in [-0.2, 0) is 4.79 Å². The van der Waals surface area contributed by atoms with Gasteiger partial charge in [0.15, 0.2) is 0 Å². The number of amides is 1. The average molecular weight is 421 g/mol. The molecule has 7 nitrogen and oxygen atoms in total. The average Bonchev–Trinajstić information content (AvgIpc) is 3.20. The highest BCUT2D eigenvalue weighted by atomic mass is 35.5. The van der Waals surface area contributed by atoms with Crippen LogP contribution in [0.4, 0.5) is 11.6 Å². The molecule has 2 heterocycles. The first kappa shape index (κ1) is 19.6. The number of nitrogens with zero attached hydrogens (tertiary/aromatic N) is 4. The molecule has 30 heavy (non-hydrogen) atoms. The van der Waals surface area contributed by atoms with Crippen LogP contribution in [0.2, 0.25) is 5.02 Å². The van der Waals surface area contributed by atoms with E-state index < -0.39 is 0 Å². The number of carbonyl (C=O) groups is 1. The number of benzene rings is 2. The van der Waals surface area contributed by atoms with Gasteiger partial charge in [-0.2, -0.15) is 0 Å². The largest absolute Gasteiger partial charge is 0.497 e. The van der Waals surface area contributed by atoms with Crippen molar-refractivity contribution >= 4 is 29.1 Å². The van der Waals surface area contributed by atoms with Gasteiger partial charge in [-0.1, -0.05) is 41.0 Å². The highest BCUT2D eigenvalue weighted by Gasteiger charge is 2.29. The smallest absolute Gasteiger partial charge is 0.248 e. The molecule has 4 aromatic rings. The Balaban J connectivity index is 1.97.